The van der Waals surface area contributed by atoms with Crippen LogP contribution in [0.1, 0.15) is 12.0 Å². The average molecular weight is 302 g/mol. The first-order chi connectivity index (χ1) is 8.06. The van der Waals surface area contributed by atoms with Crippen molar-refractivity contribution in [3.05, 3.63) is 22.3 Å². The van der Waals surface area contributed by atoms with Crippen LogP contribution in [0.2, 0.25) is 0 Å². The van der Waals surface area contributed by atoms with Crippen molar-refractivity contribution in [1.29, 1.82) is 0 Å². The van der Waals surface area contributed by atoms with E-state index in [4.69, 9.17) is 10.5 Å². The summed E-state index contributed by atoms with van der Waals surface area (Å²) in [5.41, 5.74) is 6.45. The van der Waals surface area contributed by atoms with Gasteiger partial charge in [-0.15, -0.1) is 0 Å². The minimum atomic E-state index is -0.258. The smallest absolute Gasteiger partial charge is 0.228 e. The van der Waals surface area contributed by atoms with Crippen LogP contribution in [0.15, 0.2) is 16.7 Å². The van der Waals surface area contributed by atoms with Crippen LogP contribution in [0, 0.1) is 6.92 Å². The fourth-order valence-electron chi connectivity index (χ4n) is 1.27. The molecule has 0 aliphatic carbocycles. The molecule has 0 saturated carbocycles. The number of amides is 1. The second-order valence-electron chi connectivity index (χ2n) is 3.66. The predicted molar refractivity (Wildman–Crippen MR) is 69.8 cm³/mol. The quantitative estimate of drug-likeness (QED) is 0.863. The van der Waals surface area contributed by atoms with Gasteiger partial charge in [0.05, 0.1) is 12.5 Å². The number of ether oxygens (including phenoxy) is 1. The molecule has 0 aliphatic rings. The van der Waals surface area contributed by atoms with Gasteiger partial charge in [0.2, 0.25) is 5.91 Å². The molecule has 0 aromatic carbocycles. The predicted octanol–water partition coefficient (Wildman–Crippen LogP) is 1.45. The highest BCUT2D eigenvalue weighted by atomic mass is 79.9. The van der Waals surface area contributed by atoms with Crippen molar-refractivity contribution in [2.24, 2.45) is 5.73 Å². The summed E-state index contributed by atoms with van der Waals surface area (Å²) in [5, 5.41) is 2.70. The molecular weight excluding hydrogens is 286 g/mol. The Balaban J connectivity index is 2.58. The van der Waals surface area contributed by atoms with Crippen molar-refractivity contribution in [2.75, 3.05) is 19.0 Å². The number of aryl methyl sites for hydroxylation is 1. The molecule has 0 fully saturated rings. The van der Waals surface area contributed by atoms with Gasteiger partial charge in [0.25, 0.3) is 0 Å². The molecule has 17 heavy (non-hydrogen) atoms. The van der Waals surface area contributed by atoms with Crippen LogP contribution < -0.4 is 11.1 Å². The molecule has 1 rings (SSSR count). The number of nitrogens with one attached hydrogen (secondary N) is 1. The number of pyridine rings is 1. The Hall–Kier alpha value is -0.980. The van der Waals surface area contributed by atoms with Crippen LogP contribution in [-0.4, -0.2) is 30.6 Å². The summed E-state index contributed by atoms with van der Waals surface area (Å²) >= 11 is 3.35. The number of methoxy groups -OCH3 is 1. The van der Waals surface area contributed by atoms with E-state index in [2.05, 4.69) is 26.2 Å². The van der Waals surface area contributed by atoms with Gasteiger partial charge in [-0.05, 0) is 34.5 Å². The lowest BCUT2D eigenvalue weighted by atomic mass is 10.2. The van der Waals surface area contributed by atoms with Gasteiger partial charge in [-0.3, -0.25) is 4.79 Å². The zero-order valence-corrected chi connectivity index (χ0v) is 11.5. The summed E-state index contributed by atoms with van der Waals surface area (Å²) in [4.78, 5) is 15.7. The van der Waals surface area contributed by atoms with E-state index in [0.717, 1.165) is 10.0 Å². The van der Waals surface area contributed by atoms with Crippen LogP contribution in [0.4, 0.5) is 5.82 Å². The first-order valence-corrected chi connectivity index (χ1v) is 6.01. The number of halogens is 1. The monoisotopic (exact) mass is 301 g/mol. The van der Waals surface area contributed by atoms with Crippen molar-refractivity contribution in [1.82, 2.24) is 4.98 Å². The van der Waals surface area contributed by atoms with Crippen LogP contribution in [0.5, 0.6) is 0 Å². The second-order valence-corrected chi connectivity index (χ2v) is 4.52. The highest BCUT2D eigenvalue weighted by molar-refractivity contribution is 9.10. The van der Waals surface area contributed by atoms with E-state index in [1.165, 1.54) is 7.11 Å². The van der Waals surface area contributed by atoms with Crippen molar-refractivity contribution >= 4 is 27.7 Å². The maximum absolute atomic E-state index is 11.6. The van der Waals surface area contributed by atoms with Gasteiger partial charge >= 0.3 is 0 Å². The van der Waals surface area contributed by atoms with Crippen molar-refractivity contribution < 1.29 is 9.53 Å². The zero-order valence-electron chi connectivity index (χ0n) is 9.87. The fourth-order valence-corrected chi connectivity index (χ4v) is 1.49. The molecule has 0 aliphatic heterocycles. The molecule has 3 N–H and O–H groups in total. The van der Waals surface area contributed by atoms with Crippen LogP contribution in [-0.2, 0) is 9.53 Å². The molecule has 0 spiro atoms. The van der Waals surface area contributed by atoms with Gasteiger partial charge in [0.15, 0.2) is 0 Å². The normalized spacial score (nSPS) is 12.2. The van der Waals surface area contributed by atoms with Gasteiger partial charge in [-0.25, -0.2) is 4.98 Å². The summed E-state index contributed by atoms with van der Waals surface area (Å²) in [7, 11) is 1.53. The number of rotatable bonds is 5. The van der Waals surface area contributed by atoms with Crippen LogP contribution in [0.3, 0.4) is 0 Å². The molecule has 1 atom stereocenters. The minimum Gasteiger partial charge on any atom is -0.380 e. The number of hydrogen-bond acceptors (Lipinski definition) is 4. The Bertz CT molecular complexity index is 394. The lowest BCUT2D eigenvalue weighted by Crippen LogP contribution is -2.28. The van der Waals surface area contributed by atoms with E-state index < -0.39 is 0 Å². The molecule has 94 valence electrons. The third-order valence-electron chi connectivity index (χ3n) is 2.32. The molecule has 0 bridgehead atoms. The largest absolute Gasteiger partial charge is 0.380 e. The van der Waals surface area contributed by atoms with E-state index in [1.807, 2.05) is 6.92 Å². The SMILES string of the molecule is COC(CN)CC(=O)Nc1cc(C)c(Br)cn1. The number of aromatic nitrogens is 1. The lowest BCUT2D eigenvalue weighted by Gasteiger charge is -2.12. The Kier molecular flexibility index (Phi) is 5.54. The highest BCUT2D eigenvalue weighted by Crippen LogP contribution is 2.17. The summed E-state index contributed by atoms with van der Waals surface area (Å²) in [5.74, 6) is 0.374. The highest BCUT2D eigenvalue weighted by Gasteiger charge is 2.12. The van der Waals surface area contributed by atoms with Crippen molar-refractivity contribution in [3.8, 4) is 0 Å². The van der Waals surface area contributed by atoms with Crippen molar-refractivity contribution in [3.63, 3.8) is 0 Å². The first kappa shape index (κ1) is 14.1. The number of nitrogens with zero attached hydrogens (tertiary/aromatic N) is 1. The maximum Gasteiger partial charge on any atom is 0.228 e. The summed E-state index contributed by atoms with van der Waals surface area (Å²) in [6.07, 6.45) is 1.62. The van der Waals surface area contributed by atoms with Crippen LogP contribution in [0.25, 0.3) is 0 Å². The molecule has 1 unspecified atom stereocenters. The Morgan fingerprint density at radius 2 is 2.41 bits per heavy atom. The first-order valence-electron chi connectivity index (χ1n) is 5.21. The second kappa shape index (κ2) is 6.68. The van der Waals surface area contributed by atoms with Gasteiger partial charge < -0.3 is 15.8 Å². The van der Waals surface area contributed by atoms with E-state index >= 15 is 0 Å². The lowest BCUT2D eigenvalue weighted by molar-refractivity contribution is -0.118. The van der Waals surface area contributed by atoms with Gasteiger partial charge in [0, 0.05) is 24.3 Å². The van der Waals surface area contributed by atoms with Gasteiger partial charge in [-0.2, -0.15) is 0 Å². The molecule has 1 aromatic rings. The summed E-state index contributed by atoms with van der Waals surface area (Å²) in [6.45, 7) is 2.25. The number of anilines is 1. The molecule has 6 heteroatoms. The molecule has 0 saturated heterocycles. The molecule has 1 aromatic heterocycles. The summed E-state index contributed by atoms with van der Waals surface area (Å²) < 4.78 is 5.95. The van der Waals surface area contributed by atoms with E-state index in [0.29, 0.717) is 12.4 Å². The summed E-state index contributed by atoms with van der Waals surface area (Å²) in [6, 6.07) is 1.80. The minimum absolute atomic E-state index is 0.156. The fraction of sp³-hybridized carbons (Fsp3) is 0.455. The third kappa shape index (κ3) is 4.41. The Morgan fingerprint density at radius 1 is 1.71 bits per heavy atom. The van der Waals surface area contributed by atoms with Crippen molar-refractivity contribution in [2.45, 2.75) is 19.4 Å². The van der Waals surface area contributed by atoms with E-state index in [9.17, 15) is 4.79 Å². The zero-order chi connectivity index (χ0) is 12.8. The van der Waals surface area contributed by atoms with Crippen LogP contribution >= 0.6 is 15.9 Å². The topological polar surface area (TPSA) is 77.2 Å². The molecule has 0 radical (unpaired) electrons. The Morgan fingerprint density at radius 3 is 2.94 bits per heavy atom. The van der Waals surface area contributed by atoms with E-state index in [1.54, 1.807) is 12.3 Å². The standard InChI is InChI=1S/C11H16BrN3O2/c1-7-3-10(14-6-9(7)12)15-11(16)4-8(5-13)17-2/h3,6,8H,4-5,13H2,1-2H3,(H,14,15,16). The van der Waals surface area contributed by atoms with Gasteiger partial charge in [-0.1, -0.05) is 0 Å². The molecule has 1 amide bonds. The van der Waals surface area contributed by atoms with Gasteiger partial charge in [0.1, 0.15) is 5.82 Å². The number of carbonyl (C=O) groups is 1. The molecule has 1 heterocycles. The Labute approximate surface area is 109 Å². The molecular formula is C11H16BrN3O2. The number of carbonyl (C=O) groups excluding carboxylic acids is 1. The molecule has 5 nitrogen and oxygen atoms in total. The third-order valence-corrected chi connectivity index (χ3v) is 3.15. The average Bonchev–Trinajstić information content (AvgIpc) is 2.31. The number of nitrogens with two attached hydrogens (primary N) is 1. The number of hydrogen-bond donors (Lipinski definition) is 2. The maximum atomic E-state index is 11.6. The van der Waals surface area contributed by atoms with E-state index in [-0.39, 0.29) is 18.4 Å².